The Kier molecular flexibility index (Phi) is 5.08. The van der Waals surface area contributed by atoms with E-state index in [0.717, 1.165) is 17.8 Å². The molecule has 7 heteroatoms. The Morgan fingerprint density at radius 2 is 2.08 bits per heavy atom. The molecule has 3 atom stereocenters. The number of carbonyl (C=O) groups excluding carboxylic acids is 1. The fourth-order valence-electron chi connectivity index (χ4n) is 3.24. The second-order valence-electron chi connectivity index (χ2n) is 6.78. The Balaban J connectivity index is 1.66. The highest BCUT2D eigenvalue weighted by Gasteiger charge is 2.26. The van der Waals surface area contributed by atoms with Crippen molar-refractivity contribution in [3.63, 3.8) is 0 Å². The van der Waals surface area contributed by atoms with Gasteiger partial charge in [-0.25, -0.2) is 9.50 Å². The molecule has 1 fully saturated rings. The van der Waals surface area contributed by atoms with E-state index in [1.54, 1.807) is 4.52 Å². The molecule has 2 heterocycles. The molecule has 1 aliphatic rings. The lowest BCUT2D eigenvalue weighted by atomic mass is 9.86. The summed E-state index contributed by atoms with van der Waals surface area (Å²) in [6, 6.07) is 2.27. The average molecular weight is 347 g/mol. The summed E-state index contributed by atoms with van der Waals surface area (Å²) < 4.78 is 1.73. The zero-order chi connectivity index (χ0) is 17.3. The molecule has 1 saturated carbocycles. The van der Waals surface area contributed by atoms with Gasteiger partial charge in [0.2, 0.25) is 11.1 Å². The highest BCUT2D eigenvalue weighted by Crippen LogP contribution is 2.25. The van der Waals surface area contributed by atoms with Gasteiger partial charge in [-0.3, -0.25) is 4.79 Å². The summed E-state index contributed by atoms with van der Waals surface area (Å²) in [5, 5.41) is 8.04. The van der Waals surface area contributed by atoms with Gasteiger partial charge in [0.1, 0.15) is 0 Å². The number of thioether (sulfide) groups is 1. The van der Waals surface area contributed by atoms with E-state index in [1.807, 2.05) is 26.8 Å². The zero-order valence-electron chi connectivity index (χ0n) is 14.7. The Labute approximate surface area is 146 Å². The van der Waals surface area contributed by atoms with Crippen LogP contribution in [0.1, 0.15) is 50.9 Å². The number of amides is 1. The minimum Gasteiger partial charge on any atom is -0.352 e. The van der Waals surface area contributed by atoms with E-state index < -0.39 is 0 Å². The summed E-state index contributed by atoms with van der Waals surface area (Å²) >= 11 is 1.39. The molecule has 0 radical (unpaired) electrons. The Bertz CT molecular complexity index is 744. The first-order valence-corrected chi connectivity index (χ1v) is 9.50. The number of hydrogen-bond donors (Lipinski definition) is 1. The number of rotatable bonds is 4. The van der Waals surface area contributed by atoms with Gasteiger partial charge >= 0.3 is 0 Å². The largest absolute Gasteiger partial charge is 0.352 e. The summed E-state index contributed by atoms with van der Waals surface area (Å²) in [5.74, 6) is 1.21. The molecular weight excluding hydrogens is 322 g/mol. The smallest absolute Gasteiger partial charge is 0.253 e. The van der Waals surface area contributed by atoms with Crippen LogP contribution in [0.4, 0.5) is 0 Å². The molecule has 1 N–H and O–H groups in total. The van der Waals surface area contributed by atoms with Crippen LogP contribution in [0.3, 0.4) is 0 Å². The van der Waals surface area contributed by atoms with E-state index in [2.05, 4.69) is 27.3 Å². The van der Waals surface area contributed by atoms with Gasteiger partial charge in [0, 0.05) is 17.4 Å². The van der Waals surface area contributed by atoms with Crippen LogP contribution in [0, 0.1) is 19.8 Å². The molecule has 3 rings (SSSR count). The van der Waals surface area contributed by atoms with Crippen LogP contribution in [0.25, 0.3) is 5.78 Å². The molecule has 2 aromatic heterocycles. The predicted molar refractivity (Wildman–Crippen MR) is 95.1 cm³/mol. The van der Waals surface area contributed by atoms with Crippen LogP contribution < -0.4 is 5.32 Å². The van der Waals surface area contributed by atoms with E-state index in [1.165, 1.54) is 31.0 Å². The molecule has 1 amide bonds. The van der Waals surface area contributed by atoms with E-state index >= 15 is 0 Å². The van der Waals surface area contributed by atoms with Crippen molar-refractivity contribution >= 4 is 23.4 Å². The maximum atomic E-state index is 12.5. The first kappa shape index (κ1) is 17.2. The summed E-state index contributed by atoms with van der Waals surface area (Å²) in [4.78, 5) is 21.3. The van der Waals surface area contributed by atoms with Crippen LogP contribution in [-0.4, -0.2) is 36.8 Å². The molecular formula is C17H25N5OS. The van der Waals surface area contributed by atoms with Gasteiger partial charge in [-0.05, 0) is 45.6 Å². The number of aromatic nitrogens is 4. The first-order valence-electron chi connectivity index (χ1n) is 8.62. The van der Waals surface area contributed by atoms with Crippen molar-refractivity contribution < 1.29 is 4.79 Å². The van der Waals surface area contributed by atoms with Gasteiger partial charge in [0.05, 0.1) is 5.25 Å². The van der Waals surface area contributed by atoms with Crippen molar-refractivity contribution in [1.29, 1.82) is 0 Å². The van der Waals surface area contributed by atoms with E-state index in [0.29, 0.717) is 22.9 Å². The lowest BCUT2D eigenvalue weighted by Crippen LogP contribution is -2.44. The molecule has 0 bridgehead atoms. The maximum Gasteiger partial charge on any atom is 0.253 e. The minimum absolute atomic E-state index is 0.0680. The highest BCUT2D eigenvalue weighted by molar-refractivity contribution is 8.00. The van der Waals surface area contributed by atoms with E-state index in [4.69, 9.17) is 0 Å². The predicted octanol–water partition coefficient (Wildman–Crippen LogP) is 2.92. The number of carbonyl (C=O) groups is 1. The zero-order valence-corrected chi connectivity index (χ0v) is 15.6. The molecule has 24 heavy (non-hydrogen) atoms. The molecule has 0 unspecified atom stereocenters. The average Bonchev–Trinajstić information content (AvgIpc) is 2.92. The number of nitrogens with zero attached hydrogens (tertiary/aromatic N) is 4. The number of hydrogen-bond acceptors (Lipinski definition) is 5. The van der Waals surface area contributed by atoms with Crippen molar-refractivity contribution in [2.24, 2.45) is 5.92 Å². The van der Waals surface area contributed by atoms with Crippen molar-refractivity contribution in [2.45, 2.75) is 69.8 Å². The monoisotopic (exact) mass is 347 g/mol. The van der Waals surface area contributed by atoms with Crippen LogP contribution in [0.15, 0.2) is 11.2 Å². The van der Waals surface area contributed by atoms with Crippen LogP contribution in [-0.2, 0) is 4.79 Å². The lowest BCUT2D eigenvalue weighted by molar-refractivity contribution is -0.121. The third-order valence-corrected chi connectivity index (χ3v) is 5.64. The third kappa shape index (κ3) is 3.71. The van der Waals surface area contributed by atoms with Gasteiger partial charge in [-0.15, -0.1) is 5.10 Å². The summed E-state index contributed by atoms with van der Waals surface area (Å²) in [7, 11) is 0. The van der Waals surface area contributed by atoms with E-state index in [-0.39, 0.29) is 11.2 Å². The van der Waals surface area contributed by atoms with Crippen molar-refractivity contribution in [2.75, 3.05) is 0 Å². The second-order valence-corrected chi connectivity index (χ2v) is 8.09. The molecule has 6 nitrogen and oxygen atoms in total. The number of nitrogens with one attached hydrogen (secondary N) is 1. The highest BCUT2D eigenvalue weighted by atomic mass is 32.2. The summed E-state index contributed by atoms with van der Waals surface area (Å²) in [6.45, 7) is 8.05. The molecule has 0 spiro atoms. The van der Waals surface area contributed by atoms with Crippen LogP contribution in [0.2, 0.25) is 0 Å². The number of fused-ring (bicyclic) bond motifs is 1. The molecule has 0 aromatic carbocycles. The van der Waals surface area contributed by atoms with Crippen molar-refractivity contribution in [3.05, 3.63) is 17.5 Å². The van der Waals surface area contributed by atoms with Gasteiger partial charge in [-0.1, -0.05) is 31.5 Å². The van der Waals surface area contributed by atoms with Gasteiger partial charge < -0.3 is 5.32 Å². The summed E-state index contributed by atoms with van der Waals surface area (Å²) in [5.41, 5.74) is 1.91. The molecule has 2 aromatic rings. The lowest BCUT2D eigenvalue weighted by Gasteiger charge is -2.30. The maximum absolute atomic E-state index is 12.5. The van der Waals surface area contributed by atoms with Gasteiger partial charge in [0.25, 0.3) is 5.78 Å². The second kappa shape index (κ2) is 7.09. The Morgan fingerprint density at radius 1 is 1.33 bits per heavy atom. The first-order chi connectivity index (χ1) is 11.4. The fourth-order valence-corrected chi connectivity index (χ4v) is 3.99. The Morgan fingerprint density at radius 3 is 2.83 bits per heavy atom. The fraction of sp³-hybridized carbons (Fsp3) is 0.647. The summed E-state index contributed by atoms with van der Waals surface area (Å²) in [6.07, 6.45) is 4.76. The molecule has 0 saturated heterocycles. The van der Waals surface area contributed by atoms with Crippen molar-refractivity contribution in [3.8, 4) is 0 Å². The van der Waals surface area contributed by atoms with Gasteiger partial charge in [0.15, 0.2) is 0 Å². The van der Waals surface area contributed by atoms with Crippen LogP contribution >= 0.6 is 11.8 Å². The molecule has 1 aliphatic carbocycles. The van der Waals surface area contributed by atoms with Crippen molar-refractivity contribution in [1.82, 2.24) is 24.9 Å². The van der Waals surface area contributed by atoms with Gasteiger partial charge in [-0.2, -0.15) is 4.98 Å². The molecule has 0 aliphatic heterocycles. The number of aryl methyl sites for hydroxylation is 2. The topological polar surface area (TPSA) is 72.2 Å². The minimum atomic E-state index is -0.224. The standard InChI is InChI=1S/C17H25N5OS/c1-10-7-5-6-8-14(10)19-15(23)13(4)24-17-20-16-18-11(2)9-12(3)22(16)21-17/h9-10,13-14H,5-8H2,1-4H3,(H,19,23)/t10-,13-,14+/m1/s1. The van der Waals surface area contributed by atoms with Crippen LogP contribution in [0.5, 0.6) is 0 Å². The van der Waals surface area contributed by atoms with E-state index in [9.17, 15) is 4.79 Å². The SMILES string of the molecule is Cc1cc(C)n2nc(S[C@H](C)C(=O)N[C@H]3CCCC[C@H]3C)nc2n1. The third-order valence-electron chi connectivity index (χ3n) is 4.69. The normalized spacial score (nSPS) is 22.5. The Hall–Kier alpha value is -1.63. The molecule has 130 valence electrons. The quantitative estimate of drug-likeness (QED) is 0.861.